The van der Waals surface area contributed by atoms with Gasteiger partial charge < -0.3 is 5.73 Å². The second kappa shape index (κ2) is 6.83. The molecule has 0 unspecified atom stereocenters. The van der Waals surface area contributed by atoms with Gasteiger partial charge in [-0.2, -0.15) is 5.10 Å². The number of halogens is 2. The Kier molecular flexibility index (Phi) is 5.10. The Morgan fingerprint density at radius 1 is 1.19 bits per heavy atom. The van der Waals surface area contributed by atoms with Crippen LogP contribution in [0.4, 0.5) is 11.4 Å². The standard InChI is InChI=1S/C16H17Cl2N3/c1-3-21(16-7-5-4-6-14(16)18)20-11(2)13-10-12(17)8-9-15(13)19/h4-10H,3,19H2,1-2H3/b20-11+. The molecule has 0 bridgehead atoms. The van der Waals surface area contributed by atoms with Crippen molar-refractivity contribution in [1.82, 2.24) is 0 Å². The summed E-state index contributed by atoms with van der Waals surface area (Å²) in [6.45, 7) is 4.62. The monoisotopic (exact) mass is 321 g/mol. The van der Waals surface area contributed by atoms with Crippen LogP contribution >= 0.6 is 23.2 Å². The zero-order valence-corrected chi connectivity index (χ0v) is 13.5. The summed E-state index contributed by atoms with van der Waals surface area (Å²) >= 11 is 12.3. The number of anilines is 2. The minimum atomic E-state index is 0.634. The van der Waals surface area contributed by atoms with E-state index in [1.807, 2.05) is 49.2 Å². The molecule has 110 valence electrons. The van der Waals surface area contributed by atoms with Crippen LogP contribution in [-0.4, -0.2) is 12.3 Å². The van der Waals surface area contributed by atoms with Crippen molar-refractivity contribution in [2.24, 2.45) is 5.10 Å². The molecule has 0 spiro atoms. The minimum absolute atomic E-state index is 0.634. The maximum Gasteiger partial charge on any atom is 0.0780 e. The van der Waals surface area contributed by atoms with Crippen molar-refractivity contribution >= 4 is 40.3 Å². The Morgan fingerprint density at radius 2 is 1.90 bits per heavy atom. The molecule has 2 rings (SSSR count). The van der Waals surface area contributed by atoms with E-state index in [0.29, 0.717) is 22.3 Å². The zero-order valence-electron chi connectivity index (χ0n) is 12.0. The summed E-state index contributed by atoms with van der Waals surface area (Å²) < 4.78 is 0. The zero-order chi connectivity index (χ0) is 15.4. The van der Waals surface area contributed by atoms with Gasteiger partial charge in [0.15, 0.2) is 0 Å². The van der Waals surface area contributed by atoms with Gasteiger partial charge in [0.2, 0.25) is 0 Å². The van der Waals surface area contributed by atoms with Gasteiger partial charge in [-0.05, 0) is 44.2 Å². The summed E-state index contributed by atoms with van der Waals surface area (Å²) in [5.74, 6) is 0. The van der Waals surface area contributed by atoms with E-state index in [4.69, 9.17) is 28.9 Å². The predicted octanol–water partition coefficient (Wildman–Crippen LogP) is 4.83. The van der Waals surface area contributed by atoms with Crippen molar-refractivity contribution < 1.29 is 0 Å². The van der Waals surface area contributed by atoms with Crippen LogP contribution in [0.2, 0.25) is 10.0 Å². The van der Waals surface area contributed by atoms with Crippen molar-refractivity contribution in [2.45, 2.75) is 13.8 Å². The van der Waals surface area contributed by atoms with E-state index >= 15 is 0 Å². The summed E-state index contributed by atoms with van der Waals surface area (Å²) in [7, 11) is 0. The lowest BCUT2D eigenvalue weighted by Crippen LogP contribution is -2.18. The quantitative estimate of drug-likeness (QED) is 0.498. The normalized spacial score (nSPS) is 11.5. The first-order chi connectivity index (χ1) is 10.0. The van der Waals surface area contributed by atoms with E-state index in [0.717, 1.165) is 17.0 Å². The van der Waals surface area contributed by atoms with Crippen LogP contribution in [-0.2, 0) is 0 Å². The molecule has 2 N–H and O–H groups in total. The highest BCUT2D eigenvalue weighted by molar-refractivity contribution is 6.33. The molecule has 3 nitrogen and oxygen atoms in total. The predicted molar refractivity (Wildman–Crippen MR) is 92.5 cm³/mol. The molecule has 0 atom stereocenters. The number of nitrogens with zero attached hydrogens (tertiary/aromatic N) is 2. The lowest BCUT2D eigenvalue weighted by atomic mass is 10.1. The smallest absolute Gasteiger partial charge is 0.0780 e. The molecule has 0 aliphatic carbocycles. The first kappa shape index (κ1) is 15.7. The number of hydrogen-bond donors (Lipinski definition) is 1. The van der Waals surface area contributed by atoms with Crippen LogP contribution in [0.15, 0.2) is 47.6 Å². The van der Waals surface area contributed by atoms with Crippen molar-refractivity contribution in [2.75, 3.05) is 17.3 Å². The van der Waals surface area contributed by atoms with Gasteiger partial charge in [0.25, 0.3) is 0 Å². The van der Waals surface area contributed by atoms with Crippen molar-refractivity contribution in [3.05, 3.63) is 58.1 Å². The third-order valence-corrected chi connectivity index (χ3v) is 3.66. The summed E-state index contributed by atoms with van der Waals surface area (Å²) in [6, 6.07) is 13.0. The highest BCUT2D eigenvalue weighted by Gasteiger charge is 2.10. The Hall–Kier alpha value is -1.71. The van der Waals surface area contributed by atoms with Crippen LogP contribution < -0.4 is 10.7 Å². The fourth-order valence-corrected chi connectivity index (χ4v) is 2.44. The molecule has 2 aromatic rings. The average Bonchev–Trinajstić information content (AvgIpc) is 2.48. The van der Waals surface area contributed by atoms with Crippen LogP contribution in [0.3, 0.4) is 0 Å². The summed E-state index contributed by atoms with van der Waals surface area (Å²) in [5.41, 5.74) is 9.12. The molecule has 0 amide bonds. The Balaban J connectivity index is 2.40. The Bertz CT molecular complexity index is 668. The van der Waals surface area contributed by atoms with E-state index in [1.54, 1.807) is 12.1 Å². The number of hydrazone groups is 1. The number of benzene rings is 2. The molecule has 0 aromatic heterocycles. The third-order valence-electron chi connectivity index (χ3n) is 3.11. The molecule has 0 aliphatic heterocycles. The number of hydrogen-bond acceptors (Lipinski definition) is 3. The second-order valence-corrected chi connectivity index (χ2v) is 5.43. The number of nitrogens with two attached hydrogens (primary N) is 1. The minimum Gasteiger partial charge on any atom is -0.398 e. The highest BCUT2D eigenvalue weighted by atomic mass is 35.5. The molecular weight excluding hydrogens is 305 g/mol. The van der Waals surface area contributed by atoms with Crippen LogP contribution in [0.5, 0.6) is 0 Å². The molecule has 0 saturated carbocycles. The topological polar surface area (TPSA) is 41.6 Å². The molecule has 21 heavy (non-hydrogen) atoms. The Labute approximate surface area is 135 Å². The number of nitrogen functional groups attached to an aromatic ring is 1. The van der Waals surface area contributed by atoms with E-state index < -0.39 is 0 Å². The van der Waals surface area contributed by atoms with Gasteiger partial charge in [0.05, 0.1) is 16.4 Å². The van der Waals surface area contributed by atoms with Gasteiger partial charge in [-0.1, -0.05) is 35.3 Å². The molecule has 5 heteroatoms. The number of para-hydroxylation sites is 1. The fourth-order valence-electron chi connectivity index (χ4n) is 2.03. The number of rotatable bonds is 4. The highest BCUT2D eigenvalue weighted by Crippen LogP contribution is 2.26. The molecular formula is C16H17Cl2N3. The molecule has 0 heterocycles. The van der Waals surface area contributed by atoms with E-state index in [1.165, 1.54) is 0 Å². The van der Waals surface area contributed by atoms with Crippen LogP contribution in [0.1, 0.15) is 19.4 Å². The lowest BCUT2D eigenvalue weighted by molar-refractivity contribution is 0.892. The maximum absolute atomic E-state index is 6.23. The molecule has 0 radical (unpaired) electrons. The average molecular weight is 322 g/mol. The fraction of sp³-hybridized carbons (Fsp3) is 0.188. The second-order valence-electron chi connectivity index (χ2n) is 4.58. The Morgan fingerprint density at radius 3 is 2.57 bits per heavy atom. The van der Waals surface area contributed by atoms with Crippen molar-refractivity contribution in [3.63, 3.8) is 0 Å². The van der Waals surface area contributed by atoms with Crippen molar-refractivity contribution in [3.8, 4) is 0 Å². The van der Waals surface area contributed by atoms with Gasteiger partial charge in [0, 0.05) is 22.8 Å². The van der Waals surface area contributed by atoms with Gasteiger partial charge in [-0.25, -0.2) is 0 Å². The first-order valence-electron chi connectivity index (χ1n) is 6.65. The molecule has 0 aliphatic rings. The largest absolute Gasteiger partial charge is 0.398 e. The van der Waals surface area contributed by atoms with Crippen molar-refractivity contribution in [1.29, 1.82) is 0 Å². The maximum atomic E-state index is 6.23. The first-order valence-corrected chi connectivity index (χ1v) is 7.41. The van der Waals surface area contributed by atoms with E-state index in [-0.39, 0.29) is 0 Å². The van der Waals surface area contributed by atoms with Gasteiger partial charge in [0.1, 0.15) is 0 Å². The van der Waals surface area contributed by atoms with Gasteiger partial charge >= 0.3 is 0 Å². The van der Waals surface area contributed by atoms with E-state index in [9.17, 15) is 0 Å². The third kappa shape index (κ3) is 3.69. The van der Waals surface area contributed by atoms with Gasteiger partial charge in [-0.3, -0.25) is 5.01 Å². The lowest BCUT2D eigenvalue weighted by Gasteiger charge is -2.20. The molecule has 0 fully saturated rings. The summed E-state index contributed by atoms with van der Waals surface area (Å²) in [4.78, 5) is 0. The SMILES string of the molecule is CCN(/N=C(\C)c1cc(Cl)ccc1N)c1ccccc1Cl. The molecule has 0 saturated heterocycles. The summed E-state index contributed by atoms with van der Waals surface area (Å²) in [6.07, 6.45) is 0. The van der Waals surface area contributed by atoms with E-state index in [2.05, 4.69) is 5.10 Å². The van der Waals surface area contributed by atoms with Crippen LogP contribution in [0.25, 0.3) is 0 Å². The molecule has 2 aromatic carbocycles. The van der Waals surface area contributed by atoms with Gasteiger partial charge in [-0.15, -0.1) is 0 Å². The van der Waals surface area contributed by atoms with Crippen LogP contribution in [0, 0.1) is 0 Å². The summed E-state index contributed by atoms with van der Waals surface area (Å²) in [5, 5.41) is 7.77.